The molecule has 0 atom stereocenters. The van der Waals surface area contributed by atoms with Gasteiger partial charge in [0, 0.05) is 19.5 Å². The number of rotatable bonds is 7. The smallest absolute Gasteiger partial charge is 0.328 e. The molecule has 0 radical (unpaired) electrons. The Bertz CT molecular complexity index is 750. The third-order valence-electron chi connectivity index (χ3n) is 4.50. The lowest BCUT2D eigenvalue weighted by molar-refractivity contribution is -0.146. The molecule has 0 aliphatic carbocycles. The molecule has 0 spiro atoms. The summed E-state index contributed by atoms with van der Waals surface area (Å²) in [6.45, 7) is 3.97. The second-order valence-electron chi connectivity index (χ2n) is 7.09. The van der Waals surface area contributed by atoms with E-state index >= 15 is 0 Å². The van der Waals surface area contributed by atoms with Crippen LogP contribution in [0, 0.1) is 0 Å². The zero-order valence-electron chi connectivity index (χ0n) is 15.2. The second kappa shape index (κ2) is 8.18. The summed E-state index contributed by atoms with van der Waals surface area (Å²) < 4.78 is 26.7. The van der Waals surface area contributed by atoms with Gasteiger partial charge in [0.25, 0.3) is 0 Å². The van der Waals surface area contributed by atoms with E-state index in [0.717, 1.165) is 24.8 Å². The van der Waals surface area contributed by atoms with Gasteiger partial charge in [0.1, 0.15) is 5.54 Å². The summed E-state index contributed by atoms with van der Waals surface area (Å²) in [7, 11) is -3.45. The first-order valence-corrected chi connectivity index (χ1v) is 10.2. The molecule has 0 bridgehead atoms. The fourth-order valence-electron chi connectivity index (χ4n) is 2.80. The Labute approximate surface area is 154 Å². The van der Waals surface area contributed by atoms with Crippen molar-refractivity contribution in [1.29, 1.82) is 0 Å². The maximum atomic E-state index is 12.6. The summed E-state index contributed by atoms with van der Waals surface area (Å²) in [5.74, 6) is -1.46. The Kier molecular flexibility index (Phi) is 6.41. The fourth-order valence-corrected chi connectivity index (χ4v) is 4.32. The van der Waals surface area contributed by atoms with Gasteiger partial charge in [-0.3, -0.25) is 4.79 Å². The minimum atomic E-state index is -3.45. The van der Waals surface area contributed by atoms with Crippen molar-refractivity contribution in [3.8, 4) is 0 Å². The third kappa shape index (κ3) is 5.04. The number of amides is 1. The first-order valence-electron chi connectivity index (χ1n) is 8.76. The monoisotopic (exact) mass is 382 g/mol. The number of nitrogens with one attached hydrogen (secondary N) is 1. The van der Waals surface area contributed by atoms with Crippen molar-refractivity contribution in [2.24, 2.45) is 0 Å². The van der Waals surface area contributed by atoms with Gasteiger partial charge in [-0.25, -0.2) is 13.2 Å². The molecule has 1 aliphatic rings. The van der Waals surface area contributed by atoms with Gasteiger partial charge in [0.05, 0.1) is 4.90 Å². The number of aryl methyl sites for hydroxylation is 1. The van der Waals surface area contributed by atoms with Gasteiger partial charge in [0.2, 0.25) is 15.9 Å². The topological polar surface area (TPSA) is 104 Å². The molecule has 2 N–H and O–H groups in total. The Hall–Kier alpha value is -1.93. The zero-order valence-corrected chi connectivity index (χ0v) is 16.0. The van der Waals surface area contributed by atoms with E-state index in [0.29, 0.717) is 19.5 Å². The van der Waals surface area contributed by atoms with Crippen molar-refractivity contribution in [2.75, 3.05) is 13.1 Å². The lowest BCUT2D eigenvalue weighted by atomic mass is 10.0. The summed E-state index contributed by atoms with van der Waals surface area (Å²) in [6.07, 6.45) is 3.38. The zero-order chi connectivity index (χ0) is 19.4. The van der Waals surface area contributed by atoms with E-state index in [-0.39, 0.29) is 17.2 Å². The largest absolute Gasteiger partial charge is 0.480 e. The molecule has 1 aromatic rings. The molecule has 0 unspecified atom stereocenters. The summed E-state index contributed by atoms with van der Waals surface area (Å²) in [5, 5.41) is 11.5. The van der Waals surface area contributed by atoms with E-state index in [2.05, 4.69) is 5.32 Å². The van der Waals surface area contributed by atoms with Crippen LogP contribution in [-0.4, -0.2) is 48.3 Å². The highest BCUT2D eigenvalue weighted by molar-refractivity contribution is 7.89. The molecule has 8 heteroatoms. The molecule has 1 saturated heterocycles. The molecule has 2 rings (SSSR count). The van der Waals surface area contributed by atoms with E-state index in [1.165, 1.54) is 18.2 Å². The van der Waals surface area contributed by atoms with Crippen molar-refractivity contribution < 1.29 is 23.1 Å². The number of piperidine rings is 1. The van der Waals surface area contributed by atoms with E-state index in [4.69, 9.17) is 5.11 Å². The van der Waals surface area contributed by atoms with Crippen molar-refractivity contribution in [2.45, 2.75) is 56.4 Å². The van der Waals surface area contributed by atoms with Crippen molar-refractivity contribution in [3.05, 3.63) is 29.8 Å². The first-order chi connectivity index (χ1) is 12.1. The molecule has 1 aliphatic heterocycles. The predicted octanol–water partition coefficient (Wildman–Crippen LogP) is 1.77. The average Bonchev–Trinajstić information content (AvgIpc) is 2.60. The van der Waals surface area contributed by atoms with Crippen LogP contribution in [0.25, 0.3) is 0 Å². The lowest BCUT2D eigenvalue weighted by Gasteiger charge is -2.25. The Morgan fingerprint density at radius 1 is 1.12 bits per heavy atom. The van der Waals surface area contributed by atoms with Gasteiger partial charge < -0.3 is 10.4 Å². The SMILES string of the molecule is CC(C)(NC(=O)CCc1ccc(S(=O)(=O)N2CCCCC2)cc1)C(=O)O. The van der Waals surface area contributed by atoms with Crippen LogP contribution in [0.2, 0.25) is 0 Å². The molecule has 1 fully saturated rings. The average molecular weight is 382 g/mol. The number of benzene rings is 1. The molecule has 0 saturated carbocycles. The third-order valence-corrected chi connectivity index (χ3v) is 6.42. The van der Waals surface area contributed by atoms with Crippen LogP contribution >= 0.6 is 0 Å². The first kappa shape index (κ1) is 20.4. The molecular formula is C18H26N2O5S. The number of hydrogen-bond donors (Lipinski definition) is 2. The lowest BCUT2D eigenvalue weighted by Crippen LogP contribution is -2.49. The number of carbonyl (C=O) groups excluding carboxylic acids is 1. The maximum Gasteiger partial charge on any atom is 0.328 e. The minimum absolute atomic E-state index is 0.134. The number of sulfonamides is 1. The van der Waals surface area contributed by atoms with Gasteiger partial charge >= 0.3 is 5.97 Å². The van der Waals surface area contributed by atoms with Crippen LogP contribution in [0.5, 0.6) is 0 Å². The number of nitrogens with zero attached hydrogens (tertiary/aromatic N) is 1. The van der Waals surface area contributed by atoms with Crippen molar-refractivity contribution in [1.82, 2.24) is 9.62 Å². The summed E-state index contributed by atoms with van der Waals surface area (Å²) in [4.78, 5) is 23.2. The highest BCUT2D eigenvalue weighted by Crippen LogP contribution is 2.21. The van der Waals surface area contributed by atoms with E-state index in [9.17, 15) is 18.0 Å². The molecule has 7 nitrogen and oxygen atoms in total. The number of carbonyl (C=O) groups is 2. The highest BCUT2D eigenvalue weighted by atomic mass is 32.2. The van der Waals surface area contributed by atoms with Gasteiger partial charge in [-0.1, -0.05) is 18.6 Å². The van der Waals surface area contributed by atoms with Crippen molar-refractivity contribution in [3.63, 3.8) is 0 Å². The number of hydrogen-bond acceptors (Lipinski definition) is 4. The molecule has 26 heavy (non-hydrogen) atoms. The van der Waals surface area contributed by atoms with E-state index in [1.807, 2.05) is 0 Å². The van der Waals surface area contributed by atoms with Crippen LogP contribution in [0.1, 0.15) is 45.1 Å². The Morgan fingerprint density at radius 3 is 2.23 bits per heavy atom. The van der Waals surface area contributed by atoms with Crippen molar-refractivity contribution >= 4 is 21.9 Å². The molecule has 1 aromatic carbocycles. The Morgan fingerprint density at radius 2 is 1.69 bits per heavy atom. The maximum absolute atomic E-state index is 12.6. The summed E-state index contributed by atoms with van der Waals surface area (Å²) in [6, 6.07) is 6.54. The van der Waals surface area contributed by atoms with Crippen LogP contribution in [0.3, 0.4) is 0 Å². The van der Waals surface area contributed by atoms with Crippen LogP contribution in [0.15, 0.2) is 29.2 Å². The van der Waals surface area contributed by atoms with E-state index in [1.54, 1.807) is 24.3 Å². The molecule has 1 heterocycles. The van der Waals surface area contributed by atoms with Crippen LogP contribution in [0.4, 0.5) is 0 Å². The summed E-state index contributed by atoms with van der Waals surface area (Å²) in [5.41, 5.74) is -0.491. The minimum Gasteiger partial charge on any atom is -0.480 e. The van der Waals surface area contributed by atoms with Gasteiger partial charge in [-0.15, -0.1) is 0 Å². The number of carboxylic acid groups (broad SMARTS) is 1. The predicted molar refractivity (Wildman–Crippen MR) is 97.2 cm³/mol. The van der Waals surface area contributed by atoms with Gasteiger partial charge in [-0.2, -0.15) is 4.31 Å². The van der Waals surface area contributed by atoms with Crippen LogP contribution in [-0.2, 0) is 26.0 Å². The second-order valence-corrected chi connectivity index (χ2v) is 9.02. The molecular weight excluding hydrogens is 356 g/mol. The van der Waals surface area contributed by atoms with Gasteiger partial charge in [0.15, 0.2) is 0 Å². The summed E-state index contributed by atoms with van der Waals surface area (Å²) >= 11 is 0. The molecule has 144 valence electrons. The number of carboxylic acids is 1. The normalized spacial score (nSPS) is 16.2. The fraction of sp³-hybridized carbons (Fsp3) is 0.556. The van der Waals surface area contributed by atoms with E-state index < -0.39 is 21.5 Å². The highest BCUT2D eigenvalue weighted by Gasteiger charge is 2.29. The Balaban J connectivity index is 1.95. The molecule has 1 amide bonds. The number of aliphatic carboxylic acids is 1. The quantitative estimate of drug-likeness (QED) is 0.748. The molecule has 0 aromatic heterocycles. The standard InChI is InChI=1S/C18H26N2O5S/c1-18(2,17(22)23)19-16(21)11-8-14-6-9-15(10-7-14)26(24,25)20-12-4-3-5-13-20/h6-7,9-10H,3-5,8,11-13H2,1-2H3,(H,19,21)(H,22,23). The van der Waals surface area contributed by atoms with Gasteiger partial charge in [-0.05, 0) is 50.8 Å². The van der Waals surface area contributed by atoms with Crippen LogP contribution < -0.4 is 5.32 Å².